The van der Waals surface area contributed by atoms with Crippen LogP contribution in [0.2, 0.25) is 0 Å². The van der Waals surface area contributed by atoms with Crippen LogP contribution < -0.4 is 9.46 Å². The molecule has 3 rings (SSSR count). The van der Waals surface area contributed by atoms with E-state index >= 15 is 0 Å². The maximum atomic E-state index is 12.3. The van der Waals surface area contributed by atoms with Crippen molar-refractivity contribution in [3.05, 3.63) is 23.8 Å². The zero-order valence-corrected chi connectivity index (χ0v) is 13.7. The van der Waals surface area contributed by atoms with Crippen LogP contribution >= 0.6 is 0 Å². The highest BCUT2D eigenvalue weighted by Gasteiger charge is 2.34. The summed E-state index contributed by atoms with van der Waals surface area (Å²) in [6, 6.07) is 4.71. The van der Waals surface area contributed by atoms with Gasteiger partial charge in [-0.2, -0.15) is 0 Å². The van der Waals surface area contributed by atoms with E-state index in [2.05, 4.69) is 4.72 Å². The Balaban J connectivity index is 1.58. The van der Waals surface area contributed by atoms with Crippen LogP contribution in [0.5, 0.6) is 5.75 Å². The van der Waals surface area contributed by atoms with Crippen molar-refractivity contribution in [2.45, 2.75) is 17.7 Å². The van der Waals surface area contributed by atoms with Crippen molar-refractivity contribution in [1.82, 2.24) is 9.62 Å². The van der Waals surface area contributed by atoms with Gasteiger partial charge in [0.15, 0.2) is 0 Å². The Morgan fingerprint density at radius 2 is 2.21 bits per heavy atom. The summed E-state index contributed by atoms with van der Waals surface area (Å²) >= 11 is 0. The number of carboxylic acid groups (broad SMARTS) is 1. The number of carboxylic acids is 1. The number of carbonyl (C=O) groups excluding carboxylic acids is 1. The van der Waals surface area contributed by atoms with Gasteiger partial charge >= 0.3 is 5.97 Å². The van der Waals surface area contributed by atoms with E-state index < -0.39 is 21.9 Å². The molecular formula is C15H18N2O6S. The Kier molecular flexibility index (Phi) is 4.46. The summed E-state index contributed by atoms with van der Waals surface area (Å²) in [6.45, 7) is 0.851. The number of rotatable bonds is 6. The van der Waals surface area contributed by atoms with Crippen LogP contribution in [0, 0.1) is 5.92 Å². The van der Waals surface area contributed by atoms with Gasteiger partial charge < -0.3 is 14.7 Å². The average Bonchev–Trinajstić information content (AvgIpc) is 3.13. The molecule has 24 heavy (non-hydrogen) atoms. The fraction of sp³-hybridized carbons (Fsp3) is 0.467. The lowest BCUT2D eigenvalue weighted by Crippen LogP contribution is -2.36. The number of carbonyl (C=O) groups is 2. The maximum absolute atomic E-state index is 12.3. The highest BCUT2D eigenvalue weighted by atomic mass is 32.2. The van der Waals surface area contributed by atoms with Crippen LogP contribution in [-0.2, 0) is 26.0 Å². The predicted molar refractivity (Wildman–Crippen MR) is 83.2 cm³/mol. The predicted octanol–water partition coefficient (Wildman–Crippen LogP) is -0.167. The molecule has 2 heterocycles. The van der Waals surface area contributed by atoms with Crippen LogP contribution in [0.15, 0.2) is 23.1 Å². The van der Waals surface area contributed by atoms with E-state index in [0.29, 0.717) is 18.8 Å². The first-order valence-electron chi connectivity index (χ1n) is 7.63. The highest BCUT2D eigenvalue weighted by molar-refractivity contribution is 7.89. The van der Waals surface area contributed by atoms with E-state index in [1.165, 1.54) is 11.0 Å². The summed E-state index contributed by atoms with van der Waals surface area (Å²) in [5, 5.41) is 8.93. The summed E-state index contributed by atoms with van der Waals surface area (Å²) < 4.78 is 32.4. The smallest absolute Gasteiger partial charge is 0.308 e. The Hall–Kier alpha value is -2.13. The molecule has 1 aromatic carbocycles. The van der Waals surface area contributed by atoms with Crippen LogP contribution in [-0.4, -0.2) is 56.5 Å². The molecule has 1 atom stereocenters. The standard InChI is InChI=1S/C15H18N2O6S/c18-14-8-11(15(19)20)9-17(14)5-4-16-24(21,22)12-1-2-13-10(7-12)3-6-23-13/h1-2,7,11,16H,3-6,8-9H2,(H,19,20). The van der Waals surface area contributed by atoms with Gasteiger partial charge in [0, 0.05) is 32.5 Å². The van der Waals surface area contributed by atoms with Crippen molar-refractivity contribution in [1.29, 1.82) is 0 Å². The number of nitrogens with zero attached hydrogens (tertiary/aromatic N) is 1. The fourth-order valence-electron chi connectivity index (χ4n) is 2.88. The van der Waals surface area contributed by atoms with Crippen molar-refractivity contribution in [3.63, 3.8) is 0 Å². The summed E-state index contributed by atoms with van der Waals surface area (Å²) in [4.78, 5) is 24.1. The monoisotopic (exact) mass is 354 g/mol. The molecule has 8 nitrogen and oxygen atoms in total. The summed E-state index contributed by atoms with van der Waals surface area (Å²) in [7, 11) is -3.68. The van der Waals surface area contributed by atoms with Crippen LogP contribution in [0.1, 0.15) is 12.0 Å². The molecule has 0 bridgehead atoms. The third-order valence-corrected chi connectivity index (χ3v) is 5.67. The molecule has 0 aliphatic carbocycles. The maximum Gasteiger partial charge on any atom is 0.308 e. The third kappa shape index (κ3) is 3.36. The molecule has 0 saturated carbocycles. The van der Waals surface area contributed by atoms with Gasteiger partial charge in [-0.1, -0.05) is 0 Å². The molecule has 1 fully saturated rings. The molecule has 1 saturated heterocycles. The van der Waals surface area contributed by atoms with Gasteiger partial charge in [-0.05, 0) is 23.8 Å². The van der Waals surface area contributed by atoms with Crippen molar-refractivity contribution in [2.75, 3.05) is 26.2 Å². The normalized spacial score (nSPS) is 20.1. The first kappa shape index (κ1) is 16.7. The molecule has 0 radical (unpaired) electrons. The van der Waals surface area contributed by atoms with Crippen molar-refractivity contribution in [3.8, 4) is 5.75 Å². The Morgan fingerprint density at radius 3 is 2.92 bits per heavy atom. The van der Waals surface area contributed by atoms with E-state index in [0.717, 1.165) is 5.56 Å². The minimum absolute atomic E-state index is 0.0348. The van der Waals surface area contributed by atoms with Crippen molar-refractivity contribution < 1.29 is 27.9 Å². The molecule has 1 amide bonds. The Bertz CT molecular complexity index is 776. The number of hydrogen-bond acceptors (Lipinski definition) is 5. The van der Waals surface area contributed by atoms with Crippen LogP contribution in [0.25, 0.3) is 0 Å². The first-order chi connectivity index (χ1) is 11.4. The first-order valence-corrected chi connectivity index (χ1v) is 9.11. The van der Waals surface area contributed by atoms with Gasteiger partial charge in [0.05, 0.1) is 17.4 Å². The Morgan fingerprint density at radius 1 is 1.42 bits per heavy atom. The van der Waals surface area contributed by atoms with Gasteiger partial charge in [-0.15, -0.1) is 0 Å². The lowest BCUT2D eigenvalue weighted by Gasteiger charge is -2.16. The van der Waals surface area contributed by atoms with Gasteiger partial charge in [0.2, 0.25) is 15.9 Å². The number of ether oxygens (including phenoxy) is 1. The van der Waals surface area contributed by atoms with E-state index in [4.69, 9.17) is 9.84 Å². The molecule has 1 aromatic rings. The minimum Gasteiger partial charge on any atom is -0.493 e. The summed E-state index contributed by atoms with van der Waals surface area (Å²) in [5.41, 5.74) is 0.858. The highest BCUT2D eigenvalue weighted by Crippen LogP contribution is 2.27. The summed E-state index contributed by atoms with van der Waals surface area (Å²) in [6.07, 6.45) is 0.643. The van der Waals surface area contributed by atoms with Crippen molar-refractivity contribution in [2.24, 2.45) is 5.92 Å². The Labute approximate surface area is 139 Å². The number of hydrogen-bond donors (Lipinski definition) is 2. The number of aliphatic carboxylic acids is 1. The molecule has 2 aliphatic rings. The largest absolute Gasteiger partial charge is 0.493 e. The zero-order chi connectivity index (χ0) is 17.3. The van der Waals surface area contributed by atoms with Gasteiger partial charge in [0.25, 0.3) is 0 Å². The van der Waals surface area contributed by atoms with Crippen LogP contribution in [0.4, 0.5) is 0 Å². The lowest BCUT2D eigenvalue weighted by molar-refractivity contribution is -0.141. The van der Waals surface area contributed by atoms with Gasteiger partial charge in [-0.3, -0.25) is 9.59 Å². The molecule has 2 N–H and O–H groups in total. The number of nitrogens with one attached hydrogen (secondary N) is 1. The fourth-order valence-corrected chi connectivity index (χ4v) is 3.95. The summed E-state index contributed by atoms with van der Waals surface area (Å²) in [5.74, 6) is -1.29. The van der Waals surface area contributed by atoms with Crippen molar-refractivity contribution >= 4 is 21.9 Å². The second kappa shape index (κ2) is 6.40. The molecule has 1 unspecified atom stereocenters. The second-order valence-electron chi connectivity index (χ2n) is 5.84. The van der Waals surface area contributed by atoms with E-state index in [9.17, 15) is 18.0 Å². The molecule has 2 aliphatic heterocycles. The SMILES string of the molecule is O=C(O)C1CC(=O)N(CCNS(=O)(=O)c2ccc3c(c2)CCO3)C1. The number of amides is 1. The topological polar surface area (TPSA) is 113 Å². The van der Waals surface area contributed by atoms with E-state index in [-0.39, 0.29) is 36.9 Å². The number of likely N-dealkylation sites (tertiary alicyclic amines) is 1. The second-order valence-corrected chi connectivity index (χ2v) is 7.61. The minimum atomic E-state index is -3.68. The van der Waals surface area contributed by atoms with Gasteiger partial charge in [-0.25, -0.2) is 13.1 Å². The molecular weight excluding hydrogens is 336 g/mol. The molecule has 0 spiro atoms. The van der Waals surface area contributed by atoms with Gasteiger partial charge in [0.1, 0.15) is 5.75 Å². The molecule has 130 valence electrons. The average molecular weight is 354 g/mol. The van der Waals surface area contributed by atoms with E-state index in [1.807, 2.05) is 0 Å². The molecule has 9 heteroatoms. The quantitative estimate of drug-likeness (QED) is 0.733. The van der Waals surface area contributed by atoms with E-state index in [1.54, 1.807) is 12.1 Å². The van der Waals surface area contributed by atoms with Crippen LogP contribution in [0.3, 0.4) is 0 Å². The third-order valence-electron chi connectivity index (χ3n) is 4.21. The molecule has 0 aromatic heterocycles. The zero-order valence-electron chi connectivity index (χ0n) is 12.9. The number of benzene rings is 1. The lowest BCUT2D eigenvalue weighted by atomic mass is 10.1. The number of fused-ring (bicyclic) bond motifs is 1. The number of sulfonamides is 1.